The molecule has 0 N–H and O–H groups in total. The molecule has 1 saturated carbocycles. The van der Waals surface area contributed by atoms with E-state index in [4.69, 9.17) is 9.47 Å². The molecule has 9 heteroatoms. The van der Waals surface area contributed by atoms with Crippen LogP contribution in [0.1, 0.15) is 35.7 Å². The average molecular weight is 472 g/mol. The highest BCUT2D eigenvalue weighted by molar-refractivity contribution is 7.99. The Labute approximate surface area is 199 Å². The lowest BCUT2D eigenvalue weighted by molar-refractivity contribution is -0.130. The van der Waals surface area contributed by atoms with Crippen molar-refractivity contribution in [3.05, 3.63) is 41.7 Å². The van der Waals surface area contributed by atoms with Crippen molar-refractivity contribution >= 4 is 17.7 Å². The summed E-state index contributed by atoms with van der Waals surface area (Å²) in [6, 6.07) is 4.07. The molecule has 2 aromatic rings. The molecule has 0 atom stereocenters. The first-order valence-electron chi connectivity index (χ1n) is 11.4. The number of thioether (sulfide) groups is 1. The molecule has 0 bridgehead atoms. The minimum absolute atomic E-state index is 0.156. The molecule has 33 heavy (non-hydrogen) atoms. The lowest BCUT2D eigenvalue weighted by Crippen LogP contribution is -2.48. The van der Waals surface area contributed by atoms with E-state index in [1.165, 1.54) is 35.7 Å². The van der Waals surface area contributed by atoms with Crippen LogP contribution >= 0.6 is 11.8 Å². The number of hydrogen-bond donors (Lipinski definition) is 0. The van der Waals surface area contributed by atoms with Crippen LogP contribution in [0.2, 0.25) is 0 Å². The first-order chi connectivity index (χ1) is 16.0. The van der Waals surface area contributed by atoms with Gasteiger partial charge in [-0.2, -0.15) is 0 Å². The number of carbonyl (C=O) groups is 1. The molecule has 1 amide bonds. The number of carbonyl (C=O) groups excluding carboxylic acids is 1. The number of aromatic nitrogens is 3. The SMILES string of the molecule is C=CCn1c(SCC(=O)N2CCN(Cc3cc(OC)c(OC)cc3C)CC2)nnc1C1CC1. The fourth-order valence-electron chi connectivity index (χ4n) is 4.16. The van der Waals surface area contributed by atoms with Crippen LogP contribution in [0.25, 0.3) is 0 Å². The molecule has 2 aliphatic rings. The summed E-state index contributed by atoms with van der Waals surface area (Å²) in [6.45, 7) is 10.6. The van der Waals surface area contributed by atoms with Gasteiger partial charge in [0.15, 0.2) is 16.7 Å². The number of piperazine rings is 1. The van der Waals surface area contributed by atoms with E-state index in [2.05, 4.69) is 39.2 Å². The Bertz CT molecular complexity index is 996. The lowest BCUT2D eigenvalue weighted by Gasteiger charge is -2.35. The molecule has 4 rings (SSSR count). The zero-order chi connectivity index (χ0) is 23.4. The fraction of sp³-hybridized carbons (Fsp3) is 0.542. The number of hydrogen-bond acceptors (Lipinski definition) is 7. The highest BCUT2D eigenvalue weighted by Gasteiger charge is 2.30. The van der Waals surface area contributed by atoms with E-state index in [0.29, 0.717) is 18.2 Å². The van der Waals surface area contributed by atoms with Gasteiger partial charge in [-0.25, -0.2) is 0 Å². The van der Waals surface area contributed by atoms with Crippen LogP contribution in [-0.4, -0.2) is 76.6 Å². The van der Waals surface area contributed by atoms with Crippen molar-refractivity contribution in [3.63, 3.8) is 0 Å². The Morgan fingerprint density at radius 2 is 1.85 bits per heavy atom. The number of allylic oxidation sites excluding steroid dienone is 1. The van der Waals surface area contributed by atoms with Gasteiger partial charge in [0.2, 0.25) is 5.91 Å². The molecule has 1 aromatic heterocycles. The van der Waals surface area contributed by atoms with E-state index >= 15 is 0 Å². The predicted octanol–water partition coefficient (Wildman–Crippen LogP) is 3.10. The van der Waals surface area contributed by atoms with Crippen molar-refractivity contribution in [2.24, 2.45) is 0 Å². The molecule has 0 radical (unpaired) electrons. The number of aryl methyl sites for hydroxylation is 1. The highest BCUT2D eigenvalue weighted by Crippen LogP contribution is 2.40. The maximum absolute atomic E-state index is 12.8. The number of methoxy groups -OCH3 is 2. The van der Waals surface area contributed by atoms with Gasteiger partial charge >= 0.3 is 0 Å². The third-order valence-electron chi connectivity index (χ3n) is 6.29. The molecule has 1 saturated heterocycles. The summed E-state index contributed by atoms with van der Waals surface area (Å²) in [7, 11) is 3.31. The quantitative estimate of drug-likeness (QED) is 0.389. The summed E-state index contributed by atoms with van der Waals surface area (Å²) >= 11 is 1.48. The van der Waals surface area contributed by atoms with Gasteiger partial charge in [0.1, 0.15) is 5.82 Å². The van der Waals surface area contributed by atoms with Crippen molar-refractivity contribution in [1.29, 1.82) is 0 Å². The summed E-state index contributed by atoms with van der Waals surface area (Å²) < 4.78 is 13.0. The Hall–Kier alpha value is -2.52. The van der Waals surface area contributed by atoms with Gasteiger partial charge in [0.05, 0.1) is 20.0 Å². The predicted molar refractivity (Wildman–Crippen MR) is 129 cm³/mol. The van der Waals surface area contributed by atoms with Crippen molar-refractivity contribution in [1.82, 2.24) is 24.6 Å². The maximum atomic E-state index is 12.8. The minimum Gasteiger partial charge on any atom is -0.493 e. The van der Waals surface area contributed by atoms with Crippen molar-refractivity contribution in [2.75, 3.05) is 46.2 Å². The Kier molecular flexibility index (Phi) is 7.60. The molecule has 2 heterocycles. The van der Waals surface area contributed by atoms with Crippen LogP contribution in [0.5, 0.6) is 11.5 Å². The Morgan fingerprint density at radius 1 is 1.15 bits per heavy atom. The van der Waals surface area contributed by atoms with Crippen LogP contribution in [0.4, 0.5) is 0 Å². The van der Waals surface area contributed by atoms with Crippen molar-refractivity contribution in [2.45, 2.75) is 43.9 Å². The van der Waals surface area contributed by atoms with Gasteiger partial charge < -0.3 is 18.9 Å². The van der Waals surface area contributed by atoms with Crippen LogP contribution < -0.4 is 9.47 Å². The number of rotatable bonds is 10. The van der Waals surface area contributed by atoms with Crippen molar-refractivity contribution < 1.29 is 14.3 Å². The van der Waals surface area contributed by atoms with E-state index in [9.17, 15) is 4.79 Å². The minimum atomic E-state index is 0.156. The number of benzene rings is 1. The highest BCUT2D eigenvalue weighted by atomic mass is 32.2. The van der Waals surface area contributed by atoms with E-state index in [1.54, 1.807) is 14.2 Å². The second-order valence-corrected chi connectivity index (χ2v) is 9.54. The topological polar surface area (TPSA) is 72.7 Å². The van der Waals surface area contributed by atoms with E-state index in [-0.39, 0.29) is 5.91 Å². The maximum Gasteiger partial charge on any atom is 0.233 e. The molecule has 178 valence electrons. The van der Waals surface area contributed by atoms with Gasteiger partial charge in [0, 0.05) is 45.2 Å². The second-order valence-electron chi connectivity index (χ2n) is 8.59. The van der Waals surface area contributed by atoms with Crippen LogP contribution in [0, 0.1) is 6.92 Å². The third kappa shape index (κ3) is 5.52. The molecule has 1 aliphatic carbocycles. The van der Waals surface area contributed by atoms with E-state index in [0.717, 1.165) is 55.2 Å². The number of ether oxygens (including phenoxy) is 2. The summed E-state index contributed by atoms with van der Waals surface area (Å²) in [5.74, 6) is 3.59. The van der Waals surface area contributed by atoms with Gasteiger partial charge in [0.25, 0.3) is 0 Å². The molecule has 0 spiro atoms. The van der Waals surface area contributed by atoms with Crippen LogP contribution in [0.15, 0.2) is 29.9 Å². The summed E-state index contributed by atoms with van der Waals surface area (Å²) in [5.41, 5.74) is 2.40. The second kappa shape index (κ2) is 10.6. The lowest BCUT2D eigenvalue weighted by atomic mass is 10.1. The van der Waals surface area contributed by atoms with Gasteiger partial charge in [-0.15, -0.1) is 16.8 Å². The first kappa shape index (κ1) is 23.6. The zero-order valence-electron chi connectivity index (χ0n) is 19.7. The van der Waals surface area contributed by atoms with E-state index < -0.39 is 0 Å². The summed E-state index contributed by atoms with van der Waals surface area (Å²) in [6.07, 6.45) is 4.21. The Balaban J connectivity index is 1.29. The van der Waals surface area contributed by atoms with E-state index in [1.807, 2.05) is 17.0 Å². The third-order valence-corrected chi connectivity index (χ3v) is 7.24. The number of amides is 1. The molecular formula is C24H33N5O3S. The molecule has 2 fully saturated rings. The first-order valence-corrected chi connectivity index (χ1v) is 12.4. The summed E-state index contributed by atoms with van der Waals surface area (Å²) in [5, 5.41) is 9.51. The molecule has 1 aliphatic heterocycles. The fourth-order valence-corrected chi connectivity index (χ4v) is 5.02. The largest absolute Gasteiger partial charge is 0.493 e. The van der Waals surface area contributed by atoms with Crippen LogP contribution in [-0.2, 0) is 17.9 Å². The molecule has 0 unspecified atom stereocenters. The van der Waals surface area contributed by atoms with Crippen molar-refractivity contribution in [3.8, 4) is 11.5 Å². The van der Waals surface area contributed by atoms with Gasteiger partial charge in [-0.05, 0) is 43.0 Å². The average Bonchev–Trinajstić information content (AvgIpc) is 3.60. The van der Waals surface area contributed by atoms with Crippen LogP contribution in [0.3, 0.4) is 0 Å². The smallest absolute Gasteiger partial charge is 0.233 e. The number of nitrogens with zero attached hydrogens (tertiary/aromatic N) is 5. The molecule has 8 nitrogen and oxygen atoms in total. The summed E-state index contributed by atoms with van der Waals surface area (Å²) in [4.78, 5) is 17.2. The monoisotopic (exact) mass is 471 g/mol. The Morgan fingerprint density at radius 3 is 2.48 bits per heavy atom. The van der Waals surface area contributed by atoms with Gasteiger partial charge in [-0.3, -0.25) is 9.69 Å². The zero-order valence-corrected chi connectivity index (χ0v) is 20.6. The molecule has 1 aromatic carbocycles. The molecular weight excluding hydrogens is 438 g/mol. The normalized spacial score (nSPS) is 16.6. The standard InChI is InChI=1S/C24H33N5O3S/c1-5-8-29-23(18-6-7-18)25-26-24(29)33-16-22(30)28-11-9-27(10-12-28)15-19-14-21(32-4)20(31-3)13-17(19)2/h5,13-14,18H,1,6-12,15-16H2,2-4H3. The van der Waals surface area contributed by atoms with Gasteiger partial charge in [-0.1, -0.05) is 17.8 Å².